The van der Waals surface area contributed by atoms with E-state index in [9.17, 15) is 0 Å². The summed E-state index contributed by atoms with van der Waals surface area (Å²) in [6.07, 6.45) is 0. The predicted octanol–water partition coefficient (Wildman–Crippen LogP) is 10.3. The summed E-state index contributed by atoms with van der Waals surface area (Å²) >= 11 is 70.6. The van der Waals surface area contributed by atoms with Gasteiger partial charge >= 0.3 is 0 Å². The Labute approximate surface area is 204 Å². The van der Waals surface area contributed by atoms with Crippen molar-refractivity contribution in [3.8, 4) is 0 Å². The molecular weight excluding hydrogens is 575 g/mol. The van der Waals surface area contributed by atoms with Crippen LogP contribution in [0.5, 0.6) is 0 Å². The quantitative estimate of drug-likeness (QED) is 0.151. The van der Waals surface area contributed by atoms with E-state index < -0.39 is 4.08 Å². The lowest BCUT2D eigenvalue weighted by molar-refractivity contribution is 1.09. The van der Waals surface area contributed by atoms with Crippen LogP contribution in [-0.2, 0) is 4.08 Å². The first-order valence-electron chi connectivity index (χ1n) is 5.84. The van der Waals surface area contributed by atoms with Gasteiger partial charge in [-0.15, -0.1) is 0 Å². The lowest BCUT2D eigenvalue weighted by atomic mass is 10.0. The van der Waals surface area contributed by atoms with Crippen LogP contribution in [0.15, 0.2) is 0 Å². The van der Waals surface area contributed by atoms with Gasteiger partial charge in [-0.3, -0.25) is 0 Å². The van der Waals surface area contributed by atoms with E-state index in [1.807, 2.05) is 0 Å². The molecule has 0 aromatic heterocycles. The van der Waals surface area contributed by atoms with Gasteiger partial charge in [0.25, 0.3) is 0 Å². The fourth-order valence-electron chi connectivity index (χ4n) is 1.95. The summed E-state index contributed by atoms with van der Waals surface area (Å²) in [4.78, 5) is 0. The molecular formula is C13H2Cl10S2. The molecule has 0 atom stereocenters. The largest absolute Gasteiger partial charge is 0.152 e. The van der Waals surface area contributed by atoms with Crippen LogP contribution in [-0.4, -0.2) is 0 Å². The molecule has 0 radical (unpaired) electrons. The maximum Gasteiger partial charge on any atom is 0.112 e. The Morgan fingerprint density at radius 3 is 0.720 bits per heavy atom. The monoisotopic (exact) mass is 572 g/mol. The lowest BCUT2D eigenvalue weighted by Crippen LogP contribution is -2.17. The van der Waals surface area contributed by atoms with Crippen LogP contribution in [0.4, 0.5) is 0 Å². The summed E-state index contributed by atoms with van der Waals surface area (Å²) in [5, 5.41) is -0.385. The van der Waals surface area contributed by atoms with Crippen molar-refractivity contribution < 1.29 is 0 Å². The number of hydrogen-bond donors (Lipinski definition) is 2. The maximum absolute atomic E-state index is 6.29. The Hall–Kier alpha value is 2.04. The van der Waals surface area contributed by atoms with Crippen LogP contribution >= 0.6 is 141 Å². The topological polar surface area (TPSA) is 0 Å². The average molecular weight is 577 g/mol. The van der Waals surface area contributed by atoms with Gasteiger partial charge in [0.15, 0.2) is 0 Å². The van der Waals surface area contributed by atoms with Crippen LogP contribution in [0.1, 0.15) is 11.1 Å². The molecule has 12 heteroatoms. The highest BCUT2D eigenvalue weighted by Gasteiger charge is 2.39. The van der Waals surface area contributed by atoms with Gasteiger partial charge in [0.1, 0.15) is 4.08 Å². The Balaban J connectivity index is 2.96. The maximum atomic E-state index is 6.29. The Kier molecular flexibility index (Phi) is 7.85. The molecule has 0 unspecified atom stereocenters. The highest BCUT2D eigenvalue weighted by Crippen LogP contribution is 2.58. The van der Waals surface area contributed by atoms with Crippen molar-refractivity contribution >= 4 is 141 Å². The fraction of sp³-hybridized carbons (Fsp3) is 0.0769. The molecule has 0 fully saturated rings. The van der Waals surface area contributed by atoms with Gasteiger partial charge < -0.3 is 0 Å². The van der Waals surface area contributed by atoms with E-state index in [-0.39, 0.29) is 61.4 Å². The van der Waals surface area contributed by atoms with E-state index in [1.165, 1.54) is 0 Å². The van der Waals surface area contributed by atoms with Crippen molar-refractivity contribution in [1.29, 1.82) is 0 Å². The zero-order chi connectivity index (χ0) is 19.4. The van der Waals surface area contributed by atoms with Crippen molar-refractivity contribution in [2.45, 2.75) is 4.08 Å². The smallest absolute Gasteiger partial charge is 0.112 e. The molecule has 0 aliphatic rings. The molecule has 2 aromatic carbocycles. The summed E-state index contributed by atoms with van der Waals surface area (Å²) < 4.78 is -1.60. The molecule has 0 saturated carbocycles. The van der Waals surface area contributed by atoms with Gasteiger partial charge in [0, 0.05) is 11.1 Å². The lowest BCUT2D eigenvalue weighted by Gasteiger charge is -2.30. The van der Waals surface area contributed by atoms with Crippen molar-refractivity contribution in [2.24, 2.45) is 0 Å². The number of hydrogen-bond acceptors (Lipinski definition) is 2. The van der Waals surface area contributed by atoms with Crippen molar-refractivity contribution in [2.75, 3.05) is 0 Å². The predicted molar refractivity (Wildman–Crippen MR) is 122 cm³/mol. The third-order valence-electron chi connectivity index (χ3n) is 3.12. The molecule has 0 spiro atoms. The number of thiol groups is 2. The molecule has 2 rings (SSSR count). The SMILES string of the molecule is SC(S)(c1c(Cl)c(Cl)c(Cl)c(Cl)c1Cl)c1c(Cl)c(Cl)c(Cl)c(Cl)c1Cl. The highest BCUT2D eigenvalue weighted by atomic mass is 35.5. The normalized spacial score (nSPS) is 12.0. The minimum absolute atomic E-state index is 0.0242. The molecule has 0 amide bonds. The van der Waals surface area contributed by atoms with E-state index in [2.05, 4.69) is 25.3 Å². The van der Waals surface area contributed by atoms with E-state index in [4.69, 9.17) is 116 Å². The van der Waals surface area contributed by atoms with Crippen LogP contribution in [0.25, 0.3) is 0 Å². The molecule has 25 heavy (non-hydrogen) atoms. The Morgan fingerprint density at radius 1 is 0.360 bits per heavy atom. The van der Waals surface area contributed by atoms with Crippen LogP contribution < -0.4 is 0 Å². The Morgan fingerprint density at radius 2 is 0.520 bits per heavy atom. The summed E-state index contributed by atoms with van der Waals surface area (Å²) in [5.74, 6) is 0. The van der Waals surface area contributed by atoms with E-state index in [0.717, 1.165) is 0 Å². The Bertz CT molecular complexity index is 764. The van der Waals surface area contributed by atoms with E-state index in [1.54, 1.807) is 0 Å². The molecule has 0 nitrogen and oxygen atoms in total. The minimum atomic E-state index is -1.60. The fourth-order valence-corrected chi connectivity index (χ4v) is 6.21. The number of halogens is 10. The molecule has 0 N–H and O–H groups in total. The number of benzene rings is 2. The van der Waals surface area contributed by atoms with Gasteiger partial charge in [0.05, 0.1) is 50.2 Å². The second kappa shape index (κ2) is 8.42. The van der Waals surface area contributed by atoms with E-state index >= 15 is 0 Å². The first-order chi connectivity index (χ1) is 11.4. The molecule has 0 heterocycles. The van der Waals surface area contributed by atoms with Gasteiger partial charge in [-0.05, 0) is 0 Å². The zero-order valence-electron chi connectivity index (χ0n) is 11.2. The summed E-state index contributed by atoms with van der Waals surface area (Å²) in [6.45, 7) is 0. The summed E-state index contributed by atoms with van der Waals surface area (Å²) in [6, 6.07) is 0. The van der Waals surface area contributed by atoms with Gasteiger partial charge in [0.2, 0.25) is 0 Å². The third-order valence-corrected chi connectivity index (χ3v) is 8.56. The first-order valence-corrected chi connectivity index (χ1v) is 10.5. The molecule has 0 aliphatic carbocycles. The molecule has 0 bridgehead atoms. The standard InChI is InChI=1S/C13H2Cl10S2/c14-3-1(4(15)8(19)11(22)7(3)18)13(24,25)2-5(16)9(20)12(23)10(21)6(2)17/h24-25H. The molecule has 0 aliphatic heterocycles. The zero-order valence-corrected chi connectivity index (χ0v) is 20.5. The van der Waals surface area contributed by atoms with Gasteiger partial charge in [-0.25, -0.2) is 0 Å². The van der Waals surface area contributed by atoms with Gasteiger partial charge in [-0.1, -0.05) is 116 Å². The van der Waals surface area contributed by atoms with Crippen molar-refractivity contribution in [3.63, 3.8) is 0 Å². The average Bonchev–Trinajstić information content (AvgIpc) is 2.54. The van der Waals surface area contributed by atoms with Crippen LogP contribution in [0, 0.1) is 0 Å². The summed E-state index contributed by atoms with van der Waals surface area (Å²) in [5.41, 5.74) is 0.195. The minimum Gasteiger partial charge on any atom is -0.152 e. The highest BCUT2D eigenvalue weighted by molar-refractivity contribution is 8.00. The second-order valence-corrected chi connectivity index (χ2v) is 10.0. The van der Waals surface area contributed by atoms with Crippen molar-refractivity contribution in [3.05, 3.63) is 61.4 Å². The number of rotatable bonds is 2. The van der Waals surface area contributed by atoms with Crippen molar-refractivity contribution in [1.82, 2.24) is 0 Å². The molecule has 2 aromatic rings. The van der Waals surface area contributed by atoms with Gasteiger partial charge in [-0.2, -0.15) is 25.3 Å². The van der Waals surface area contributed by atoms with Crippen LogP contribution in [0.3, 0.4) is 0 Å². The molecule has 136 valence electrons. The summed E-state index contributed by atoms with van der Waals surface area (Å²) in [7, 11) is 0. The third kappa shape index (κ3) is 3.91. The molecule has 0 saturated heterocycles. The second-order valence-electron chi connectivity index (χ2n) is 4.56. The van der Waals surface area contributed by atoms with E-state index in [0.29, 0.717) is 0 Å². The first kappa shape index (κ1) is 23.3. The van der Waals surface area contributed by atoms with Crippen LogP contribution in [0.2, 0.25) is 50.2 Å².